The number of carbonyl (C=O) groups excluding carboxylic acids is 1. The first-order valence-corrected chi connectivity index (χ1v) is 6.02. The molecule has 0 aromatic rings. The minimum atomic E-state index is 0.225. The lowest BCUT2D eigenvalue weighted by Gasteiger charge is -2.34. The lowest BCUT2D eigenvalue weighted by Crippen LogP contribution is -2.48. The Balaban J connectivity index is 2.52. The molecular formula is C12H24N2O. The van der Waals surface area contributed by atoms with Gasteiger partial charge in [0.25, 0.3) is 0 Å². The van der Waals surface area contributed by atoms with Crippen LogP contribution in [0.3, 0.4) is 0 Å². The van der Waals surface area contributed by atoms with Gasteiger partial charge in [0.2, 0.25) is 5.91 Å². The Morgan fingerprint density at radius 1 is 1.53 bits per heavy atom. The molecule has 0 bridgehead atoms. The molecule has 88 valence electrons. The van der Waals surface area contributed by atoms with E-state index in [1.165, 1.54) is 0 Å². The van der Waals surface area contributed by atoms with Crippen molar-refractivity contribution in [3.63, 3.8) is 0 Å². The molecule has 1 aliphatic heterocycles. The summed E-state index contributed by atoms with van der Waals surface area (Å²) in [6.07, 6.45) is 2.21. The third kappa shape index (κ3) is 3.20. The third-order valence-electron chi connectivity index (χ3n) is 3.39. The Morgan fingerprint density at radius 2 is 2.20 bits per heavy atom. The number of rotatable bonds is 4. The quantitative estimate of drug-likeness (QED) is 0.765. The molecule has 0 aromatic carbocycles. The highest BCUT2D eigenvalue weighted by Crippen LogP contribution is 2.18. The van der Waals surface area contributed by atoms with Gasteiger partial charge in [-0.25, -0.2) is 0 Å². The van der Waals surface area contributed by atoms with Crippen LogP contribution in [0.2, 0.25) is 0 Å². The highest BCUT2D eigenvalue weighted by atomic mass is 16.2. The Kier molecular flexibility index (Phi) is 4.58. The number of hydrogen-bond acceptors (Lipinski definition) is 2. The number of carbonyl (C=O) groups is 1. The summed E-state index contributed by atoms with van der Waals surface area (Å²) in [5.74, 6) is 1.13. The summed E-state index contributed by atoms with van der Waals surface area (Å²) in [6.45, 7) is 8.22. The molecule has 1 saturated heterocycles. The second-order valence-electron chi connectivity index (χ2n) is 4.97. The molecule has 0 radical (unpaired) electrons. The number of amides is 1. The van der Waals surface area contributed by atoms with Gasteiger partial charge in [-0.1, -0.05) is 20.8 Å². The normalized spacial score (nSPS) is 24.7. The van der Waals surface area contributed by atoms with Crippen LogP contribution in [-0.4, -0.2) is 37.0 Å². The molecule has 2 atom stereocenters. The van der Waals surface area contributed by atoms with Gasteiger partial charge in [0.05, 0.1) is 0 Å². The average Bonchev–Trinajstić information content (AvgIpc) is 2.19. The SMILES string of the molecule is CNC(CN1CCCC(C)C1=O)C(C)C. The van der Waals surface area contributed by atoms with Crippen LogP contribution < -0.4 is 5.32 Å². The van der Waals surface area contributed by atoms with Gasteiger partial charge in [0.15, 0.2) is 0 Å². The standard InChI is InChI=1S/C12H24N2O/c1-9(2)11(13-4)8-14-7-5-6-10(3)12(14)15/h9-11,13H,5-8H2,1-4H3. The summed E-state index contributed by atoms with van der Waals surface area (Å²) in [5, 5.41) is 3.29. The van der Waals surface area contributed by atoms with Crippen molar-refractivity contribution < 1.29 is 4.79 Å². The summed E-state index contributed by atoms with van der Waals surface area (Å²) >= 11 is 0. The second-order valence-corrected chi connectivity index (χ2v) is 4.97. The Labute approximate surface area is 93.2 Å². The van der Waals surface area contributed by atoms with Crippen LogP contribution in [0.25, 0.3) is 0 Å². The van der Waals surface area contributed by atoms with Crippen molar-refractivity contribution in [3.8, 4) is 0 Å². The fraction of sp³-hybridized carbons (Fsp3) is 0.917. The van der Waals surface area contributed by atoms with Crippen LogP contribution >= 0.6 is 0 Å². The first kappa shape index (κ1) is 12.5. The molecule has 1 heterocycles. The van der Waals surface area contributed by atoms with E-state index in [1.807, 2.05) is 18.9 Å². The zero-order valence-electron chi connectivity index (χ0n) is 10.4. The van der Waals surface area contributed by atoms with Crippen LogP contribution in [0.4, 0.5) is 0 Å². The zero-order valence-corrected chi connectivity index (χ0v) is 10.4. The second kappa shape index (κ2) is 5.50. The molecule has 1 N–H and O–H groups in total. The number of hydrogen-bond donors (Lipinski definition) is 1. The minimum absolute atomic E-state index is 0.225. The predicted molar refractivity (Wildman–Crippen MR) is 62.7 cm³/mol. The average molecular weight is 212 g/mol. The Bertz CT molecular complexity index is 216. The monoisotopic (exact) mass is 212 g/mol. The molecule has 0 aliphatic carbocycles. The molecule has 0 aromatic heterocycles. The molecule has 15 heavy (non-hydrogen) atoms. The molecule has 3 heteroatoms. The minimum Gasteiger partial charge on any atom is -0.341 e. The highest BCUT2D eigenvalue weighted by Gasteiger charge is 2.27. The highest BCUT2D eigenvalue weighted by molar-refractivity contribution is 5.79. The lowest BCUT2D eigenvalue weighted by atomic mass is 9.97. The largest absolute Gasteiger partial charge is 0.341 e. The number of nitrogens with one attached hydrogen (secondary N) is 1. The van der Waals surface area contributed by atoms with E-state index in [4.69, 9.17) is 0 Å². The van der Waals surface area contributed by atoms with Gasteiger partial charge in [-0.2, -0.15) is 0 Å². The Hall–Kier alpha value is -0.570. The van der Waals surface area contributed by atoms with E-state index < -0.39 is 0 Å². The smallest absolute Gasteiger partial charge is 0.225 e. The first-order chi connectivity index (χ1) is 7.06. The fourth-order valence-corrected chi connectivity index (χ4v) is 2.19. The van der Waals surface area contributed by atoms with E-state index in [0.717, 1.165) is 25.9 Å². The predicted octanol–water partition coefficient (Wildman–Crippen LogP) is 1.49. The van der Waals surface area contributed by atoms with Gasteiger partial charge in [0, 0.05) is 25.0 Å². The van der Waals surface area contributed by atoms with E-state index in [9.17, 15) is 4.79 Å². The lowest BCUT2D eigenvalue weighted by molar-refractivity contribution is -0.138. The van der Waals surface area contributed by atoms with Gasteiger partial charge in [-0.3, -0.25) is 4.79 Å². The fourth-order valence-electron chi connectivity index (χ4n) is 2.19. The van der Waals surface area contributed by atoms with Gasteiger partial charge in [-0.15, -0.1) is 0 Å². The molecule has 3 nitrogen and oxygen atoms in total. The summed E-state index contributed by atoms with van der Waals surface area (Å²) < 4.78 is 0. The van der Waals surface area contributed by atoms with Crippen molar-refractivity contribution in [3.05, 3.63) is 0 Å². The first-order valence-electron chi connectivity index (χ1n) is 6.02. The van der Waals surface area contributed by atoms with E-state index >= 15 is 0 Å². The number of piperidine rings is 1. The Morgan fingerprint density at radius 3 is 2.73 bits per heavy atom. The van der Waals surface area contributed by atoms with Crippen LogP contribution in [0.1, 0.15) is 33.6 Å². The van der Waals surface area contributed by atoms with Gasteiger partial charge in [0.1, 0.15) is 0 Å². The van der Waals surface area contributed by atoms with Crippen molar-refractivity contribution in [2.75, 3.05) is 20.1 Å². The number of nitrogens with zero attached hydrogens (tertiary/aromatic N) is 1. The summed E-state index contributed by atoms with van der Waals surface area (Å²) in [7, 11) is 1.97. The van der Waals surface area contributed by atoms with E-state index in [-0.39, 0.29) is 5.92 Å². The van der Waals surface area contributed by atoms with E-state index in [2.05, 4.69) is 19.2 Å². The summed E-state index contributed by atoms with van der Waals surface area (Å²) in [6, 6.07) is 0.416. The molecule has 1 amide bonds. The topological polar surface area (TPSA) is 32.3 Å². The molecule has 0 spiro atoms. The van der Waals surface area contributed by atoms with Crippen molar-refractivity contribution in [2.24, 2.45) is 11.8 Å². The molecule has 1 aliphatic rings. The van der Waals surface area contributed by atoms with Gasteiger partial charge < -0.3 is 10.2 Å². The third-order valence-corrected chi connectivity index (χ3v) is 3.39. The number of likely N-dealkylation sites (N-methyl/N-ethyl adjacent to an activating group) is 1. The maximum atomic E-state index is 11.9. The van der Waals surface area contributed by atoms with Crippen molar-refractivity contribution in [1.29, 1.82) is 0 Å². The van der Waals surface area contributed by atoms with Crippen molar-refractivity contribution in [2.45, 2.75) is 39.7 Å². The summed E-state index contributed by atoms with van der Waals surface area (Å²) in [4.78, 5) is 13.9. The zero-order chi connectivity index (χ0) is 11.4. The van der Waals surface area contributed by atoms with Crippen molar-refractivity contribution in [1.82, 2.24) is 10.2 Å². The summed E-state index contributed by atoms with van der Waals surface area (Å²) in [5.41, 5.74) is 0. The van der Waals surface area contributed by atoms with Crippen LogP contribution in [-0.2, 0) is 4.79 Å². The van der Waals surface area contributed by atoms with E-state index in [0.29, 0.717) is 17.9 Å². The maximum Gasteiger partial charge on any atom is 0.225 e. The van der Waals surface area contributed by atoms with E-state index in [1.54, 1.807) is 0 Å². The van der Waals surface area contributed by atoms with Crippen molar-refractivity contribution >= 4 is 5.91 Å². The molecule has 1 fully saturated rings. The maximum absolute atomic E-state index is 11.9. The van der Waals surface area contributed by atoms with Crippen LogP contribution in [0, 0.1) is 11.8 Å². The molecular weight excluding hydrogens is 188 g/mol. The molecule has 2 unspecified atom stereocenters. The van der Waals surface area contributed by atoms with Crippen LogP contribution in [0.15, 0.2) is 0 Å². The number of likely N-dealkylation sites (tertiary alicyclic amines) is 1. The van der Waals surface area contributed by atoms with Gasteiger partial charge in [-0.05, 0) is 25.8 Å². The molecule has 0 saturated carbocycles. The molecule has 1 rings (SSSR count). The van der Waals surface area contributed by atoms with Crippen LogP contribution in [0.5, 0.6) is 0 Å². The van der Waals surface area contributed by atoms with Gasteiger partial charge >= 0.3 is 0 Å².